The lowest BCUT2D eigenvalue weighted by Gasteiger charge is -2.35. The molecule has 0 saturated carbocycles. The Morgan fingerprint density at radius 3 is 2.74 bits per heavy atom. The number of carbonyl (C=O) groups excluding carboxylic acids is 1. The molecule has 1 N–H and O–H groups in total. The number of aromatic nitrogens is 1. The standard InChI is InChI=1S/C17H22N4O2/c1-14(15-5-4-12-23-15)19-17(22)13-20-8-10-21(11-9-20)16-6-2-3-7-18-16/h2-7,12,14H,8-11,13H2,1H3,(H,19,22). The van der Waals surface area contributed by atoms with Gasteiger partial charge in [0.25, 0.3) is 0 Å². The molecule has 0 bridgehead atoms. The van der Waals surface area contributed by atoms with Gasteiger partial charge in [0, 0.05) is 32.4 Å². The molecule has 1 fully saturated rings. The van der Waals surface area contributed by atoms with Crippen molar-refractivity contribution in [3.05, 3.63) is 48.6 Å². The van der Waals surface area contributed by atoms with Crippen LogP contribution in [0.15, 0.2) is 47.2 Å². The van der Waals surface area contributed by atoms with Crippen molar-refractivity contribution in [1.29, 1.82) is 0 Å². The molecule has 122 valence electrons. The van der Waals surface area contributed by atoms with E-state index < -0.39 is 0 Å². The van der Waals surface area contributed by atoms with Gasteiger partial charge in [-0.25, -0.2) is 4.98 Å². The minimum Gasteiger partial charge on any atom is -0.467 e. The molecule has 1 amide bonds. The lowest BCUT2D eigenvalue weighted by atomic mass is 10.2. The summed E-state index contributed by atoms with van der Waals surface area (Å²) in [6.45, 7) is 5.84. The summed E-state index contributed by atoms with van der Waals surface area (Å²) in [5.41, 5.74) is 0. The van der Waals surface area contributed by atoms with Crippen LogP contribution in [0.1, 0.15) is 18.7 Å². The Balaban J connectivity index is 1.44. The number of carbonyl (C=O) groups is 1. The highest BCUT2D eigenvalue weighted by atomic mass is 16.3. The maximum atomic E-state index is 12.1. The molecule has 0 aliphatic carbocycles. The van der Waals surface area contributed by atoms with Crippen molar-refractivity contribution < 1.29 is 9.21 Å². The molecule has 2 aromatic heterocycles. The van der Waals surface area contributed by atoms with Gasteiger partial charge in [-0.05, 0) is 31.2 Å². The van der Waals surface area contributed by atoms with Crippen molar-refractivity contribution in [3.8, 4) is 0 Å². The second-order valence-electron chi connectivity index (χ2n) is 5.76. The highest BCUT2D eigenvalue weighted by Gasteiger charge is 2.20. The summed E-state index contributed by atoms with van der Waals surface area (Å²) in [4.78, 5) is 20.9. The summed E-state index contributed by atoms with van der Waals surface area (Å²) in [7, 11) is 0. The van der Waals surface area contributed by atoms with E-state index in [0.29, 0.717) is 6.54 Å². The molecular weight excluding hydrogens is 292 g/mol. The summed E-state index contributed by atoms with van der Waals surface area (Å²) in [5, 5.41) is 2.97. The minimum atomic E-state index is -0.104. The van der Waals surface area contributed by atoms with Gasteiger partial charge in [0.2, 0.25) is 5.91 Å². The van der Waals surface area contributed by atoms with Crippen molar-refractivity contribution in [2.24, 2.45) is 0 Å². The Morgan fingerprint density at radius 1 is 1.26 bits per heavy atom. The number of hydrogen-bond donors (Lipinski definition) is 1. The normalized spacial score (nSPS) is 17.0. The predicted octanol–water partition coefficient (Wildman–Crippen LogP) is 1.67. The summed E-state index contributed by atoms with van der Waals surface area (Å²) in [6, 6.07) is 9.54. The van der Waals surface area contributed by atoms with Crippen molar-refractivity contribution in [2.75, 3.05) is 37.6 Å². The van der Waals surface area contributed by atoms with Crippen molar-refractivity contribution in [1.82, 2.24) is 15.2 Å². The molecule has 3 rings (SSSR count). The Hall–Kier alpha value is -2.34. The van der Waals surface area contributed by atoms with Crippen LogP contribution < -0.4 is 10.2 Å². The largest absolute Gasteiger partial charge is 0.467 e. The Kier molecular flexibility index (Phi) is 4.92. The fourth-order valence-electron chi connectivity index (χ4n) is 2.77. The molecule has 6 nitrogen and oxygen atoms in total. The Bertz CT molecular complexity index is 607. The zero-order chi connectivity index (χ0) is 16.1. The summed E-state index contributed by atoms with van der Waals surface area (Å²) in [5.74, 6) is 1.81. The summed E-state index contributed by atoms with van der Waals surface area (Å²) >= 11 is 0. The number of pyridine rings is 1. The summed E-state index contributed by atoms with van der Waals surface area (Å²) < 4.78 is 5.31. The van der Waals surface area contributed by atoms with E-state index in [-0.39, 0.29) is 11.9 Å². The lowest BCUT2D eigenvalue weighted by Crippen LogP contribution is -2.49. The average Bonchev–Trinajstić information content (AvgIpc) is 3.11. The smallest absolute Gasteiger partial charge is 0.234 e. The number of nitrogens with zero attached hydrogens (tertiary/aromatic N) is 3. The molecular formula is C17H22N4O2. The van der Waals surface area contributed by atoms with Crippen LogP contribution in [0.5, 0.6) is 0 Å². The van der Waals surface area contributed by atoms with Crippen LogP contribution in [-0.4, -0.2) is 48.5 Å². The number of anilines is 1. The quantitative estimate of drug-likeness (QED) is 0.910. The van der Waals surface area contributed by atoms with Gasteiger partial charge < -0.3 is 14.6 Å². The van der Waals surface area contributed by atoms with Crippen LogP contribution in [0.2, 0.25) is 0 Å². The molecule has 3 heterocycles. The molecule has 0 radical (unpaired) electrons. The molecule has 1 aliphatic heterocycles. The van der Waals surface area contributed by atoms with Crippen LogP contribution in [0.4, 0.5) is 5.82 Å². The highest BCUT2D eigenvalue weighted by Crippen LogP contribution is 2.14. The van der Waals surface area contributed by atoms with E-state index in [1.807, 2.05) is 43.5 Å². The number of amides is 1. The number of piperazine rings is 1. The van der Waals surface area contributed by atoms with Gasteiger partial charge >= 0.3 is 0 Å². The first-order chi connectivity index (χ1) is 11.2. The van der Waals surface area contributed by atoms with Crippen LogP contribution in [0.25, 0.3) is 0 Å². The molecule has 1 atom stereocenters. The van der Waals surface area contributed by atoms with Crippen molar-refractivity contribution >= 4 is 11.7 Å². The first-order valence-electron chi connectivity index (χ1n) is 7.93. The lowest BCUT2D eigenvalue weighted by molar-refractivity contribution is -0.123. The molecule has 1 aliphatic rings. The Morgan fingerprint density at radius 2 is 2.09 bits per heavy atom. The van der Waals surface area contributed by atoms with E-state index >= 15 is 0 Å². The third-order valence-corrected chi connectivity index (χ3v) is 4.06. The fraction of sp³-hybridized carbons (Fsp3) is 0.412. The van der Waals surface area contributed by atoms with Gasteiger partial charge in [-0.1, -0.05) is 6.07 Å². The average molecular weight is 314 g/mol. The van der Waals surface area contributed by atoms with E-state index in [9.17, 15) is 4.79 Å². The topological polar surface area (TPSA) is 61.6 Å². The SMILES string of the molecule is CC(NC(=O)CN1CCN(c2ccccn2)CC1)c1ccco1. The van der Waals surface area contributed by atoms with Crippen LogP contribution in [-0.2, 0) is 4.79 Å². The van der Waals surface area contributed by atoms with Gasteiger partial charge in [0.05, 0.1) is 18.8 Å². The second kappa shape index (κ2) is 7.28. The molecule has 23 heavy (non-hydrogen) atoms. The maximum absolute atomic E-state index is 12.1. The first kappa shape index (κ1) is 15.6. The van der Waals surface area contributed by atoms with Crippen LogP contribution in [0, 0.1) is 0 Å². The number of nitrogens with one attached hydrogen (secondary N) is 1. The zero-order valence-corrected chi connectivity index (χ0v) is 13.3. The van der Waals surface area contributed by atoms with E-state index in [1.165, 1.54) is 0 Å². The van der Waals surface area contributed by atoms with Gasteiger partial charge in [-0.2, -0.15) is 0 Å². The van der Waals surface area contributed by atoms with E-state index in [1.54, 1.807) is 6.26 Å². The Labute approximate surface area is 136 Å². The molecule has 6 heteroatoms. The van der Waals surface area contributed by atoms with E-state index in [4.69, 9.17) is 4.42 Å². The molecule has 2 aromatic rings. The second-order valence-corrected chi connectivity index (χ2v) is 5.76. The zero-order valence-electron chi connectivity index (χ0n) is 13.3. The third-order valence-electron chi connectivity index (χ3n) is 4.06. The predicted molar refractivity (Wildman–Crippen MR) is 88.2 cm³/mol. The summed E-state index contributed by atoms with van der Waals surface area (Å²) in [6.07, 6.45) is 3.43. The van der Waals surface area contributed by atoms with Crippen molar-refractivity contribution in [2.45, 2.75) is 13.0 Å². The molecule has 1 saturated heterocycles. The third kappa shape index (κ3) is 4.10. The van der Waals surface area contributed by atoms with E-state index in [0.717, 1.165) is 37.8 Å². The molecule has 1 unspecified atom stereocenters. The van der Waals surface area contributed by atoms with E-state index in [2.05, 4.69) is 20.1 Å². The highest BCUT2D eigenvalue weighted by molar-refractivity contribution is 5.78. The molecule has 0 spiro atoms. The first-order valence-corrected chi connectivity index (χ1v) is 7.93. The van der Waals surface area contributed by atoms with Crippen molar-refractivity contribution in [3.63, 3.8) is 0 Å². The van der Waals surface area contributed by atoms with Crippen LogP contribution >= 0.6 is 0 Å². The van der Waals surface area contributed by atoms with Gasteiger partial charge in [0.1, 0.15) is 11.6 Å². The molecule has 0 aromatic carbocycles. The monoisotopic (exact) mass is 314 g/mol. The number of rotatable bonds is 5. The van der Waals surface area contributed by atoms with Gasteiger partial charge in [0.15, 0.2) is 0 Å². The van der Waals surface area contributed by atoms with Gasteiger partial charge in [-0.3, -0.25) is 9.69 Å². The van der Waals surface area contributed by atoms with Gasteiger partial charge in [-0.15, -0.1) is 0 Å². The number of furan rings is 1. The van der Waals surface area contributed by atoms with Crippen LogP contribution in [0.3, 0.4) is 0 Å². The minimum absolute atomic E-state index is 0.0280. The number of hydrogen-bond acceptors (Lipinski definition) is 5. The maximum Gasteiger partial charge on any atom is 0.234 e. The fourth-order valence-corrected chi connectivity index (χ4v) is 2.77.